The van der Waals surface area contributed by atoms with Crippen LogP contribution in [0.2, 0.25) is 0 Å². The number of nitrogens with one attached hydrogen (secondary N) is 3. The predicted octanol–water partition coefficient (Wildman–Crippen LogP) is 3.52. The molecule has 1 aromatic carbocycles. The van der Waals surface area contributed by atoms with Gasteiger partial charge in [0.15, 0.2) is 5.96 Å². The van der Waals surface area contributed by atoms with Gasteiger partial charge in [0.05, 0.1) is 12.0 Å². The zero-order valence-electron chi connectivity index (χ0n) is 16.8. The molecule has 1 rings (SSSR count). The Balaban J connectivity index is 0.00000676. The second kappa shape index (κ2) is 13.2. The number of carbonyl (C=O) groups excluding carboxylic acids is 1. The number of thioether (sulfide) groups is 1. The van der Waals surface area contributed by atoms with E-state index in [4.69, 9.17) is 0 Å². The predicted molar refractivity (Wildman–Crippen MR) is 124 cm³/mol. The summed E-state index contributed by atoms with van der Waals surface area (Å²) in [5.74, 6) is 1.17. The number of nitrogens with zero attached hydrogens (tertiary/aromatic N) is 1. The third-order valence-electron chi connectivity index (χ3n) is 3.87. The molecule has 0 aliphatic rings. The third-order valence-corrected chi connectivity index (χ3v) is 4.47. The summed E-state index contributed by atoms with van der Waals surface area (Å²) in [6.45, 7) is 9.92. The van der Waals surface area contributed by atoms with E-state index in [1.807, 2.05) is 34.0 Å². The topological polar surface area (TPSA) is 65.5 Å². The molecule has 0 spiro atoms. The van der Waals surface area contributed by atoms with Gasteiger partial charge in [0, 0.05) is 25.4 Å². The van der Waals surface area contributed by atoms with Crippen LogP contribution < -0.4 is 16.0 Å². The molecular formula is C19H32FIN4OS. The third kappa shape index (κ3) is 9.14. The van der Waals surface area contributed by atoms with Gasteiger partial charge in [-0.2, -0.15) is 11.8 Å². The highest BCUT2D eigenvalue weighted by Crippen LogP contribution is 2.18. The zero-order chi connectivity index (χ0) is 19.6. The van der Waals surface area contributed by atoms with E-state index in [1.165, 1.54) is 6.07 Å². The number of hydrogen-bond donors (Lipinski definition) is 3. The van der Waals surface area contributed by atoms with Gasteiger partial charge >= 0.3 is 0 Å². The van der Waals surface area contributed by atoms with Crippen LogP contribution in [0, 0.1) is 11.2 Å². The lowest BCUT2D eigenvalue weighted by molar-refractivity contribution is -0.128. The van der Waals surface area contributed by atoms with E-state index in [0.717, 1.165) is 16.9 Å². The molecule has 0 unspecified atom stereocenters. The molecule has 0 bridgehead atoms. The van der Waals surface area contributed by atoms with Gasteiger partial charge in [-0.05, 0) is 57.2 Å². The molecule has 0 atom stereocenters. The molecule has 8 heteroatoms. The number of amides is 1. The molecule has 0 radical (unpaired) electrons. The van der Waals surface area contributed by atoms with Crippen molar-refractivity contribution >= 4 is 47.6 Å². The summed E-state index contributed by atoms with van der Waals surface area (Å²) in [6, 6.07) is 4.82. The van der Waals surface area contributed by atoms with E-state index in [0.29, 0.717) is 32.1 Å². The minimum absolute atomic E-state index is 0. The van der Waals surface area contributed by atoms with E-state index in [9.17, 15) is 9.18 Å². The lowest BCUT2D eigenvalue weighted by Gasteiger charge is -2.25. The first-order valence-electron chi connectivity index (χ1n) is 8.90. The average molecular weight is 510 g/mol. The molecule has 0 aromatic heterocycles. The molecule has 1 amide bonds. The van der Waals surface area contributed by atoms with Crippen molar-refractivity contribution in [3.05, 3.63) is 35.1 Å². The van der Waals surface area contributed by atoms with Gasteiger partial charge in [0.1, 0.15) is 5.82 Å². The lowest BCUT2D eigenvalue weighted by atomic mass is 9.92. The average Bonchev–Trinajstić information content (AvgIpc) is 2.59. The number of hydrogen-bond acceptors (Lipinski definition) is 3. The van der Waals surface area contributed by atoms with Crippen LogP contribution in [0.4, 0.5) is 4.39 Å². The van der Waals surface area contributed by atoms with Gasteiger partial charge in [-0.1, -0.05) is 6.07 Å². The number of benzene rings is 1. The summed E-state index contributed by atoms with van der Waals surface area (Å²) in [4.78, 5) is 16.7. The van der Waals surface area contributed by atoms with E-state index in [2.05, 4.69) is 20.9 Å². The number of rotatable bonds is 9. The number of halogens is 2. The highest BCUT2D eigenvalue weighted by atomic mass is 127. The summed E-state index contributed by atoms with van der Waals surface area (Å²) >= 11 is 1.65. The Bertz CT molecular complexity index is 626. The lowest BCUT2D eigenvalue weighted by Crippen LogP contribution is -2.47. The molecule has 0 fully saturated rings. The fourth-order valence-corrected chi connectivity index (χ4v) is 2.91. The van der Waals surface area contributed by atoms with Crippen molar-refractivity contribution in [3.8, 4) is 0 Å². The van der Waals surface area contributed by atoms with Crippen molar-refractivity contribution < 1.29 is 9.18 Å². The number of aliphatic imine (C=N–C) groups is 1. The molecule has 0 heterocycles. The van der Waals surface area contributed by atoms with Gasteiger partial charge in [-0.25, -0.2) is 9.38 Å². The first kappa shape index (κ1) is 26.0. The minimum atomic E-state index is -0.550. The minimum Gasteiger partial charge on any atom is -0.357 e. The van der Waals surface area contributed by atoms with E-state index in [-0.39, 0.29) is 35.7 Å². The van der Waals surface area contributed by atoms with Gasteiger partial charge in [-0.3, -0.25) is 4.79 Å². The quantitative estimate of drug-likeness (QED) is 0.270. The second-order valence-electron chi connectivity index (χ2n) is 6.64. The maximum Gasteiger partial charge on any atom is 0.227 e. The maximum absolute atomic E-state index is 13.5. The smallest absolute Gasteiger partial charge is 0.227 e. The van der Waals surface area contributed by atoms with Crippen molar-refractivity contribution in [1.82, 2.24) is 16.0 Å². The van der Waals surface area contributed by atoms with E-state index in [1.54, 1.807) is 23.9 Å². The SMILES string of the molecule is CCNC(=O)C(C)(C)CNC(=NCc1ccc(F)cc1CSC)NCC.I. The Morgan fingerprint density at radius 1 is 1.15 bits per heavy atom. The first-order valence-corrected chi connectivity index (χ1v) is 10.3. The van der Waals surface area contributed by atoms with Crippen LogP contribution in [0.1, 0.15) is 38.8 Å². The summed E-state index contributed by atoms with van der Waals surface area (Å²) in [5, 5.41) is 9.27. The Labute approximate surface area is 183 Å². The van der Waals surface area contributed by atoms with Gasteiger partial charge in [-0.15, -0.1) is 24.0 Å². The fraction of sp³-hybridized carbons (Fsp3) is 0.579. The molecule has 27 heavy (non-hydrogen) atoms. The number of guanidine groups is 1. The van der Waals surface area contributed by atoms with Crippen LogP contribution >= 0.6 is 35.7 Å². The normalized spacial score (nSPS) is 11.6. The monoisotopic (exact) mass is 510 g/mol. The van der Waals surface area contributed by atoms with Gasteiger partial charge in [0.25, 0.3) is 0 Å². The van der Waals surface area contributed by atoms with Crippen LogP contribution in [0.25, 0.3) is 0 Å². The van der Waals surface area contributed by atoms with E-state index < -0.39 is 5.41 Å². The molecule has 0 aliphatic carbocycles. The molecule has 0 saturated heterocycles. The standard InChI is InChI=1S/C19H31FN4OS.HI/c1-6-21-17(25)19(3,4)13-24-18(22-7-2)23-11-14-8-9-16(20)10-15(14)12-26-5;/h8-10H,6-7,11-13H2,1-5H3,(H,21,25)(H2,22,23,24);1H. The zero-order valence-corrected chi connectivity index (χ0v) is 20.0. The van der Waals surface area contributed by atoms with Crippen molar-refractivity contribution in [2.24, 2.45) is 10.4 Å². The Kier molecular flexibility index (Phi) is 12.7. The fourth-order valence-electron chi connectivity index (χ4n) is 2.33. The second-order valence-corrected chi connectivity index (χ2v) is 7.50. The Morgan fingerprint density at radius 2 is 1.81 bits per heavy atom. The summed E-state index contributed by atoms with van der Waals surface area (Å²) in [6.07, 6.45) is 1.99. The summed E-state index contributed by atoms with van der Waals surface area (Å²) in [5.41, 5.74) is 1.41. The number of carbonyl (C=O) groups is 1. The van der Waals surface area contributed by atoms with Crippen LogP contribution in [0.3, 0.4) is 0 Å². The van der Waals surface area contributed by atoms with Crippen molar-refractivity contribution in [1.29, 1.82) is 0 Å². The van der Waals surface area contributed by atoms with Crippen LogP contribution in [0.15, 0.2) is 23.2 Å². The van der Waals surface area contributed by atoms with Crippen LogP contribution in [0.5, 0.6) is 0 Å². The Morgan fingerprint density at radius 3 is 2.41 bits per heavy atom. The Hall–Kier alpha value is -1.03. The largest absolute Gasteiger partial charge is 0.357 e. The first-order chi connectivity index (χ1) is 12.3. The molecule has 154 valence electrons. The summed E-state index contributed by atoms with van der Waals surface area (Å²) in [7, 11) is 0. The van der Waals surface area contributed by atoms with E-state index >= 15 is 0 Å². The molecule has 0 saturated carbocycles. The van der Waals surface area contributed by atoms with Crippen molar-refractivity contribution in [3.63, 3.8) is 0 Å². The van der Waals surface area contributed by atoms with Crippen LogP contribution in [-0.4, -0.2) is 37.8 Å². The molecule has 0 aliphatic heterocycles. The molecule has 5 nitrogen and oxygen atoms in total. The molecule has 1 aromatic rings. The van der Waals surface area contributed by atoms with Crippen molar-refractivity contribution in [2.45, 2.75) is 40.0 Å². The molecule has 3 N–H and O–H groups in total. The highest BCUT2D eigenvalue weighted by molar-refractivity contribution is 14.0. The van der Waals surface area contributed by atoms with Crippen LogP contribution in [-0.2, 0) is 17.1 Å². The summed E-state index contributed by atoms with van der Waals surface area (Å²) < 4.78 is 13.5. The maximum atomic E-state index is 13.5. The van der Waals surface area contributed by atoms with Crippen molar-refractivity contribution in [2.75, 3.05) is 25.9 Å². The van der Waals surface area contributed by atoms with Gasteiger partial charge < -0.3 is 16.0 Å². The molecular weight excluding hydrogens is 478 g/mol. The van der Waals surface area contributed by atoms with Gasteiger partial charge in [0.2, 0.25) is 5.91 Å². The highest BCUT2D eigenvalue weighted by Gasteiger charge is 2.27.